The quantitative estimate of drug-likeness (QED) is 0.637. The molecule has 1 aliphatic heterocycles. The SMILES string of the molecule is CN(C)C(=O)c1sc2ccccc2c1C[C@@H]1CCCCCN1C(=O)c1cnn(C)c1. The van der Waals surface area contributed by atoms with Crippen molar-refractivity contribution in [3.05, 3.63) is 52.7 Å². The number of fused-ring (bicyclic) bond motifs is 1. The van der Waals surface area contributed by atoms with Crippen molar-refractivity contribution >= 4 is 33.2 Å². The molecule has 0 radical (unpaired) electrons. The van der Waals surface area contributed by atoms with Crippen molar-refractivity contribution in [3.8, 4) is 0 Å². The third-order valence-corrected chi connectivity index (χ3v) is 7.03. The molecule has 3 aromatic rings. The first-order chi connectivity index (χ1) is 14.5. The molecule has 1 aromatic carbocycles. The van der Waals surface area contributed by atoms with E-state index < -0.39 is 0 Å². The van der Waals surface area contributed by atoms with Crippen molar-refractivity contribution in [2.75, 3.05) is 20.6 Å². The maximum atomic E-state index is 13.3. The van der Waals surface area contributed by atoms with Gasteiger partial charge in [-0.3, -0.25) is 14.3 Å². The third kappa shape index (κ3) is 3.99. The first kappa shape index (κ1) is 20.6. The van der Waals surface area contributed by atoms with Crippen molar-refractivity contribution in [3.63, 3.8) is 0 Å². The predicted octanol–water partition coefficient (Wildman–Crippen LogP) is 3.96. The molecule has 0 N–H and O–H groups in total. The molecule has 2 aromatic heterocycles. The minimum absolute atomic E-state index is 0.0324. The van der Waals surface area contributed by atoms with Gasteiger partial charge >= 0.3 is 0 Å². The number of rotatable bonds is 4. The molecule has 0 saturated carbocycles. The highest BCUT2D eigenvalue weighted by Crippen LogP contribution is 2.35. The zero-order valence-electron chi connectivity index (χ0n) is 17.8. The minimum atomic E-state index is 0.0324. The molecule has 0 spiro atoms. The van der Waals surface area contributed by atoms with E-state index in [1.807, 2.05) is 24.1 Å². The van der Waals surface area contributed by atoms with Crippen LogP contribution in [-0.4, -0.2) is 58.1 Å². The van der Waals surface area contributed by atoms with Gasteiger partial charge in [-0.2, -0.15) is 5.10 Å². The van der Waals surface area contributed by atoms with Gasteiger partial charge in [0.05, 0.1) is 16.6 Å². The van der Waals surface area contributed by atoms with Crippen LogP contribution in [0.5, 0.6) is 0 Å². The van der Waals surface area contributed by atoms with E-state index >= 15 is 0 Å². The standard InChI is InChI=1S/C23H28N4O2S/c1-25(2)23(29)21-19(18-10-6-7-11-20(18)30-21)13-17-9-5-4-8-12-27(17)22(28)16-14-24-26(3)15-16/h6-7,10-11,14-15,17H,4-5,8-9,12-13H2,1-3H3/t17-/m0/s1. The van der Waals surface area contributed by atoms with Gasteiger partial charge in [-0.15, -0.1) is 11.3 Å². The molecule has 1 saturated heterocycles. The lowest BCUT2D eigenvalue weighted by Crippen LogP contribution is -2.41. The summed E-state index contributed by atoms with van der Waals surface area (Å²) < 4.78 is 2.79. The average Bonchev–Trinajstić information content (AvgIpc) is 3.24. The first-order valence-electron chi connectivity index (χ1n) is 10.5. The lowest BCUT2D eigenvalue weighted by atomic mass is 9.97. The first-order valence-corrected chi connectivity index (χ1v) is 11.3. The molecule has 0 unspecified atom stereocenters. The van der Waals surface area contributed by atoms with E-state index in [1.165, 1.54) is 0 Å². The van der Waals surface area contributed by atoms with Gasteiger partial charge in [-0.25, -0.2) is 0 Å². The normalized spacial score (nSPS) is 17.2. The molecular weight excluding hydrogens is 396 g/mol. The number of amides is 2. The molecule has 1 fully saturated rings. The van der Waals surface area contributed by atoms with E-state index in [-0.39, 0.29) is 17.9 Å². The molecule has 30 heavy (non-hydrogen) atoms. The second-order valence-electron chi connectivity index (χ2n) is 8.21. The van der Waals surface area contributed by atoms with Gasteiger partial charge in [0, 0.05) is 44.6 Å². The summed E-state index contributed by atoms with van der Waals surface area (Å²) in [5.41, 5.74) is 1.70. The summed E-state index contributed by atoms with van der Waals surface area (Å²) in [7, 11) is 5.41. The van der Waals surface area contributed by atoms with Crippen LogP contribution in [0.15, 0.2) is 36.7 Å². The van der Waals surface area contributed by atoms with Crippen molar-refractivity contribution in [2.45, 2.75) is 38.1 Å². The molecule has 1 aliphatic rings. The summed E-state index contributed by atoms with van der Waals surface area (Å²) in [6.45, 7) is 0.747. The molecule has 7 heteroatoms. The summed E-state index contributed by atoms with van der Waals surface area (Å²) in [5, 5.41) is 5.31. The molecular formula is C23H28N4O2S. The van der Waals surface area contributed by atoms with Crippen LogP contribution < -0.4 is 0 Å². The van der Waals surface area contributed by atoms with Crippen LogP contribution in [0.1, 0.15) is 51.3 Å². The van der Waals surface area contributed by atoms with Gasteiger partial charge in [0.15, 0.2) is 0 Å². The van der Waals surface area contributed by atoms with Crippen LogP contribution in [0.2, 0.25) is 0 Å². The zero-order chi connectivity index (χ0) is 21.3. The minimum Gasteiger partial charge on any atom is -0.344 e. The van der Waals surface area contributed by atoms with Gasteiger partial charge in [0.1, 0.15) is 0 Å². The maximum absolute atomic E-state index is 13.3. The van der Waals surface area contributed by atoms with Gasteiger partial charge in [-0.1, -0.05) is 31.0 Å². The van der Waals surface area contributed by atoms with Gasteiger partial charge in [0.2, 0.25) is 0 Å². The van der Waals surface area contributed by atoms with Gasteiger partial charge in [-0.05, 0) is 36.3 Å². The molecule has 1 atom stereocenters. The van der Waals surface area contributed by atoms with Crippen LogP contribution >= 0.6 is 11.3 Å². The smallest absolute Gasteiger partial charge is 0.263 e. The highest BCUT2D eigenvalue weighted by molar-refractivity contribution is 7.21. The fourth-order valence-electron chi connectivity index (χ4n) is 4.27. The number of hydrogen-bond acceptors (Lipinski definition) is 4. The van der Waals surface area contributed by atoms with E-state index in [9.17, 15) is 9.59 Å². The second kappa shape index (κ2) is 8.60. The number of thiophene rings is 1. The molecule has 0 bridgehead atoms. The Kier molecular flexibility index (Phi) is 5.90. The number of hydrogen-bond donors (Lipinski definition) is 0. The fraction of sp³-hybridized carbons (Fsp3) is 0.435. The number of carbonyl (C=O) groups is 2. The Morgan fingerprint density at radius 2 is 2.00 bits per heavy atom. The maximum Gasteiger partial charge on any atom is 0.263 e. The summed E-state index contributed by atoms with van der Waals surface area (Å²) in [6, 6.07) is 8.27. The van der Waals surface area contributed by atoms with Crippen molar-refractivity contribution < 1.29 is 9.59 Å². The summed E-state index contributed by atoms with van der Waals surface area (Å²) >= 11 is 1.56. The summed E-state index contributed by atoms with van der Waals surface area (Å²) in [5.74, 6) is 0.0694. The third-order valence-electron chi connectivity index (χ3n) is 5.83. The van der Waals surface area contributed by atoms with Crippen LogP contribution in [0, 0.1) is 0 Å². The Hall–Kier alpha value is -2.67. The molecule has 158 valence electrons. The van der Waals surface area contributed by atoms with Crippen LogP contribution in [0.4, 0.5) is 0 Å². The summed E-state index contributed by atoms with van der Waals surface area (Å²) in [6.07, 6.45) is 8.31. The molecule has 3 heterocycles. The Morgan fingerprint density at radius 3 is 2.73 bits per heavy atom. The number of likely N-dealkylation sites (tertiary alicyclic amines) is 1. The van der Waals surface area contributed by atoms with Gasteiger partial charge < -0.3 is 9.80 Å². The molecule has 6 nitrogen and oxygen atoms in total. The van der Waals surface area contributed by atoms with Gasteiger partial charge in [0.25, 0.3) is 11.8 Å². The number of benzene rings is 1. The Morgan fingerprint density at radius 1 is 1.20 bits per heavy atom. The number of aryl methyl sites for hydroxylation is 1. The molecule has 2 amide bonds. The molecule has 4 rings (SSSR count). The monoisotopic (exact) mass is 424 g/mol. The topological polar surface area (TPSA) is 58.4 Å². The van der Waals surface area contributed by atoms with E-state index in [0.717, 1.165) is 52.8 Å². The second-order valence-corrected chi connectivity index (χ2v) is 9.27. The van der Waals surface area contributed by atoms with E-state index in [2.05, 4.69) is 17.2 Å². The predicted molar refractivity (Wildman–Crippen MR) is 120 cm³/mol. The van der Waals surface area contributed by atoms with E-state index in [0.29, 0.717) is 12.0 Å². The van der Waals surface area contributed by atoms with Crippen molar-refractivity contribution in [1.29, 1.82) is 0 Å². The van der Waals surface area contributed by atoms with Crippen molar-refractivity contribution in [2.24, 2.45) is 7.05 Å². The zero-order valence-corrected chi connectivity index (χ0v) is 18.6. The van der Waals surface area contributed by atoms with Crippen molar-refractivity contribution in [1.82, 2.24) is 19.6 Å². The Labute approximate surface area is 181 Å². The number of carbonyl (C=O) groups excluding carboxylic acids is 2. The average molecular weight is 425 g/mol. The lowest BCUT2D eigenvalue weighted by Gasteiger charge is -2.30. The number of aromatic nitrogens is 2. The Balaban J connectivity index is 1.71. The lowest BCUT2D eigenvalue weighted by molar-refractivity contribution is 0.0682. The van der Waals surface area contributed by atoms with Crippen LogP contribution in [0.25, 0.3) is 10.1 Å². The highest BCUT2D eigenvalue weighted by atomic mass is 32.1. The summed E-state index contributed by atoms with van der Waals surface area (Å²) in [4.78, 5) is 30.7. The Bertz CT molecular complexity index is 1070. The molecule has 0 aliphatic carbocycles. The van der Waals surface area contributed by atoms with E-state index in [1.54, 1.807) is 47.4 Å². The largest absolute Gasteiger partial charge is 0.344 e. The highest BCUT2D eigenvalue weighted by Gasteiger charge is 2.30. The van der Waals surface area contributed by atoms with Crippen LogP contribution in [-0.2, 0) is 13.5 Å². The fourth-order valence-corrected chi connectivity index (χ4v) is 5.52. The number of nitrogens with zero attached hydrogens (tertiary/aromatic N) is 4. The van der Waals surface area contributed by atoms with Crippen LogP contribution in [0.3, 0.4) is 0 Å². The van der Waals surface area contributed by atoms with E-state index in [4.69, 9.17) is 0 Å².